The minimum Gasteiger partial charge on any atom is -0.504 e. The molecule has 0 aliphatic carbocycles. The predicted octanol–water partition coefficient (Wildman–Crippen LogP) is 3.94. The van der Waals surface area contributed by atoms with E-state index in [0.717, 1.165) is 5.56 Å². The van der Waals surface area contributed by atoms with Crippen LogP contribution < -0.4 is 4.72 Å². The van der Waals surface area contributed by atoms with Crippen LogP contribution in [0.2, 0.25) is 5.02 Å². The zero-order chi connectivity index (χ0) is 18.2. The van der Waals surface area contributed by atoms with E-state index in [4.69, 9.17) is 11.6 Å². The van der Waals surface area contributed by atoms with Crippen molar-refractivity contribution in [3.05, 3.63) is 64.8 Å². The van der Waals surface area contributed by atoms with E-state index in [1.165, 1.54) is 6.07 Å². The number of phenols is 1. The number of nitrogens with one attached hydrogen (secondary N) is 1. The van der Waals surface area contributed by atoms with E-state index in [9.17, 15) is 13.5 Å². The molecule has 0 unspecified atom stereocenters. The highest BCUT2D eigenvalue weighted by atomic mass is 35.5. The van der Waals surface area contributed by atoms with Gasteiger partial charge in [-0.3, -0.25) is 0 Å². The molecule has 0 aliphatic heterocycles. The summed E-state index contributed by atoms with van der Waals surface area (Å²) >= 11 is 6.20. The molecule has 3 rings (SSSR count). The fourth-order valence-corrected chi connectivity index (χ4v) is 4.30. The van der Waals surface area contributed by atoms with Crippen LogP contribution in [0.15, 0.2) is 53.4 Å². The summed E-state index contributed by atoms with van der Waals surface area (Å²) in [6.07, 6.45) is 0. The van der Waals surface area contributed by atoms with Crippen molar-refractivity contribution in [1.82, 2.24) is 9.71 Å². The average Bonchev–Trinajstić information content (AvgIpc) is 2.58. The second kappa shape index (κ2) is 6.63. The molecule has 25 heavy (non-hydrogen) atoms. The van der Waals surface area contributed by atoms with Crippen molar-refractivity contribution in [3.63, 3.8) is 0 Å². The molecule has 5 nitrogen and oxygen atoms in total. The summed E-state index contributed by atoms with van der Waals surface area (Å²) in [7, 11) is -3.99. The topological polar surface area (TPSA) is 79.3 Å². The number of hydrogen-bond acceptors (Lipinski definition) is 4. The quantitative estimate of drug-likeness (QED) is 0.722. The van der Waals surface area contributed by atoms with Gasteiger partial charge in [-0.1, -0.05) is 41.9 Å². The number of halogens is 1. The molecule has 2 aromatic carbocycles. The van der Waals surface area contributed by atoms with Crippen molar-refractivity contribution in [2.75, 3.05) is 0 Å². The smallest absolute Gasteiger partial charge is 0.244 e. The number of aromatic nitrogens is 1. The molecule has 1 aromatic heterocycles. The highest BCUT2D eigenvalue weighted by molar-refractivity contribution is 7.89. The molecule has 1 heterocycles. The number of fused-ring (bicyclic) bond motifs is 1. The summed E-state index contributed by atoms with van der Waals surface area (Å²) < 4.78 is 28.1. The summed E-state index contributed by atoms with van der Waals surface area (Å²) in [5, 5.41) is 11.2. The SMILES string of the molecule is Cc1ccc2c(Cl)cc(S(=O)(=O)N[C@@H](C)c3ccccc3)c(O)c2n1. The van der Waals surface area contributed by atoms with Crippen LogP contribution in [0.1, 0.15) is 24.2 Å². The van der Waals surface area contributed by atoms with E-state index in [1.54, 1.807) is 26.0 Å². The first-order valence-corrected chi connectivity index (χ1v) is 9.52. The summed E-state index contributed by atoms with van der Waals surface area (Å²) in [5.41, 5.74) is 1.63. The summed E-state index contributed by atoms with van der Waals surface area (Å²) in [6, 6.07) is 13.4. The van der Waals surface area contributed by atoms with Gasteiger partial charge in [-0.25, -0.2) is 18.1 Å². The van der Waals surface area contributed by atoms with Gasteiger partial charge in [0.05, 0.1) is 5.02 Å². The molecule has 1 atom stereocenters. The maximum absolute atomic E-state index is 12.8. The van der Waals surface area contributed by atoms with Crippen LogP contribution in [-0.4, -0.2) is 18.5 Å². The Bertz CT molecular complexity index is 1040. The van der Waals surface area contributed by atoms with Gasteiger partial charge >= 0.3 is 0 Å². The number of hydrogen-bond donors (Lipinski definition) is 2. The highest BCUT2D eigenvalue weighted by Gasteiger charge is 2.25. The molecule has 0 bridgehead atoms. The lowest BCUT2D eigenvalue weighted by Crippen LogP contribution is -2.27. The van der Waals surface area contributed by atoms with Crippen molar-refractivity contribution in [1.29, 1.82) is 0 Å². The van der Waals surface area contributed by atoms with E-state index >= 15 is 0 Å². The Morgan fingerprint density at radius 1 is 1.16 bits per heavy atom. The molecule has 0 aliphatic rings. The number of sulfonamides is 1. The first-order chi connectivity index (χ1) is 11.8. The van der Waals surface area contributed by atoms with Gasteiger partial charge in [0.2, 0.25) is 10.0 Å². The summed E-state index contributed by atoms with van der Waals surface area (Å²) in [6.45, 7) is 3.48. The fraction of sp³-hybridized carbons (Fsp3) is 0.167. The molecular weight excluding hydrogens is 360 g/mol. The maximum Gasteiger partial charge on any atom is 0.244 e. The van der Waals surface area contributed by atoms with Crippen molar-refractivity contribution >= 4 is 32.5 Å². The molecule has 0 radical (unpaired) electrons. The lowest BCUT2D eigenvalue weighted by Gasteiger charge is -2.16. The molecule has 0 amide bonds. The standard InChI is InChI=1S/C18H17ClN2O3S/c1-11-8-9-14-15(19)10-16(18(22)17(14)20-11)25(23,24)21-12(2)13-6-4-3-5-7-13/h3-10,12,21-22H,1-2H3/t12-/m0/s1. The number of pyridine rings is 1. The minimum atomic E-state index is -3.99. The van der Waals surface area contributed by atoms with E-state index in [-0.39, 0.29) is 15.4 Å². The third-order valence-corrected chi connectivity index (χ3v) is 5.80. The third-order valence-electron chi connectivity index (χ3n) is 3.93. The number of nitrogens with zero attached hydrogens (tertiary/aromatic N) is 1. The monoisotopic (exact) mass is 376 g/mol. The van der Waals surface area contributed by atoms with Crippen molar-refractivity contribution in [2.24, 2.45) is 0 Å². The van der Waals surface area contributed by atoms with Crippen LogP contribution in [0.3, 0.4) is 0 Å². The summed E-state index contributed by atoms with van der Waals surface area (Å²) in [4.78, 5) is 3.93. The Morgan fingerprint density at radius 3 is 2.52 bits per heavy atom. The van der Waals surface area contributed by atoms with Crippen molar-refractivity contribution in [2.45, 2.75) is 24.8 Å². The van der Waals surface area contributed by atoms with Crippen molar-refractivity contribution in [3.8, 4) is 5.75 Å². The van der Waals surface area contributed by atoms with E-state index in [0.29, 0.717) is 11.1 Å². The maximum atomic E-state index is 12.8. The normalized spacial score (nSPS) is 13.1. The van der Waals surface area contributed by atoms with Crippen LogP contribution in [0.4, 0.5) is 0 Å². The van der Waals surface area contributed by atoms with Gasteiger partial charge < -0.3 is 5.11 Å². The molecule has 7 heteroatoms. The Balaban J connectivity index is 2.07. The number of phenolic OH excluding ortho intramolecular Hbond substituents is 1. The third kappa shape index (κ3) is 3.46. The number of benzene rings is 2. The Morgan fingerprint density at radius 2 is 1.84 bits per heavy atom. The zero-order valence-electron chi connectivity index (χ0n) is 13.7. The average molecular weight is 377 g/mol. The van der Waals surface area contributed by atoms with E-state index in [2.05, 4.69) is 9.71 Å². The van der Waals surface area contributed by atoms with Crippen LogP contribution in [0.25, 0.3) is 10.9 Å². The molecule has 0 saturated carbocycles. The van der Waals surface area contributed by atoms with Crippen LogP contribution in [-0.2, 0) is 10.0 Å². The van der Waals surface area contributed by atoms with Gasteiger partial charge in [0.25, 0.3) is 0 Å². The van der Waals surface area contributed by atoms with E-state index in [1.807, 2.05) is 30.3 Å². The Labute approximate surface area is 151 Å². The highest BCUT2D eigenvalue weighted by Crippen LogP contribution is 2.36. The zero-order valence-corrected chi connectivity index (χ0v) is 15.3. The molecule has 130 valence electrons. The number of aryl methyl sites for hydroxylation is 1. The predicted molar refractivity (Wildman–Crippen MR) is 98.3 cm³/mol. The van der Waals surface area contributed by atoms with E-state index < -0.39 is 21.8 Å². The number of rotatable bonds is 4. The van der Waals surface area contributed by atoms with Gasteiger partial charge in [0.1, 0.15) is 10.4 Å². The first-order valence-electron chi connectivity index (χ1n) is 7.65. The van der Waals surface area contributed by atoms with Gasteiger partial charge in [-0.2, -0.15) is 0 Å². The van der Waals surface area contributed by atoms with Gasteiger partial charge in [0, 0.05) is 17.1 Å². The molecule has 2 N–H and O–H groups in total. The van der Waals surface area contributed by atoms with Gasteiger partial charge in [-0.05, 0) is 37.6 Å². The van der Waals surface area contributed by atoms with Crippen LogP contribution in [0.5, 0.6) is 5.75 Å². The first kappa shape index (κ1) is 17.7. The summed E-state index contributed by atoms with van der Waals surface area (Å²) in [5.74, 6) is -0.407. The van der Waals surface area contributed by atoms with Gasteiger partial charge in [0.15, 0.2) is 5.75 Å². The molecule has 0 saturated heterocycles. The molecule has 0 spiro atoms. The fourth-order valence-electron chi connectivity index (χ4n) is 2.62. The van der Waals surface area contributed by atoms with Crippen LogP contribution in [0, 0.1) is 6.92 Å². The second-order valence-electron chi connectivity index (χ2n) is 5.81. The van der Waals surface area contributed by atoms with Crippen LogP contribution >= 0.6 is 11.6 Å². The second-order valence-corrected chi connectivity index (χ2v) is 7.90. The van der Waals surface area contributed by atoms with Gasteiger partial charge in [-0.15, -0.1) is 0 Å². The molecular formula is C18H17ClN2O3S. The Hall–Kier alpha value is -2.15. The Kier molecular flexibility index (Phi) is 4.69. The minimum absolute atomic E-state index is 0.167. The number of aromatic hydroxyl groups is 1. The lowest BCUT2D eigenvalue weighted by molar-refractivity contribution is 0.462. The lowest BCUT2D eigenvalue weighted by atomic mass is 10.1. The van der Waals surface area contributed by atoms with Crippen molar-refractivity contribution < 1.29 is 13.5 Å². The molecule has 3 aromatic rings. The largest absolute Gasteiger partial charge is 0.504 e. The molecule has 0 fully saturated rings.